The van der Waals surface area contributed by atoms with Crippen LogP contribution >= 0.6 is 0 Å². The number of aromatic nitrogens is 2. The molecule has 4 heterocycles. The van der Waals surface area contributed by atoms with Crippen LogP contribution in [0.25, 0.3) is 0 Å². The Morgan fingerprint density at radius 3 is 1.94 bits per heavy atom. The molecule has 0 radical (unpaired) electrons. The van der Waals surface area contributed by atoms with E-state index in [1.54, 1.807) is 0 Å². The minimum atomic E-state index is 0.353. The number of hydrogen-bond acceptors (Lipinski definition) is 6. The van der Waals surface area contributed by atoms with E-state index >= 15 is 0 Å². The minimum Gasteiger partial charge on any atom is -0.396 e. The maximum absolute atomic E-state index is 8.83. The molecule has 1 aromatic rings. The van der Waals surface area contributed by atoms with Gasteiger partial charge < -0.3 is 14.9 Å². The first kappa shape index (κ1) is 25.8. The summed E-state index contributed by atoms with van der Waals surface area (Å²) in [7, 11) is 0. The first-order chi connectivity index (χ1) is 16.7. The smallest absolute Gasteiger partial charge is 0.225 e. The molecule has 1 aromatic heterocycles. The van der Waals surface area contributed by atoms with Gasteiger partial charge in [0.25, 0.3) is 0 Å². The van der Waals surface area contributed by atoms with E-state index in [4.69, 9.17) is 15.1 Å². The van der Waals surface area contributed by atoms with Crippen molar-refractivity contribution in [1.82, 2.24) is 19.8 Å². The summed E-state index contributed by atoms with van der Waals surface area (Å²) >= 11 is 0. The number of rotatable bonds is 13. The van der Waals surface area contributed by atoms with Gasteiger partial charge in [-0.1, -0.05) is 38.5 Å². The second-order valence-corrected chi connectivity index (χ2v) is 11.3. The van der Waals surface area contributed by atoms with Crippen molar-refractivity contribution < 1.29 is 5.11 Å². The van der Waals surface area contributed by atoms with Crippen LogP contribution in [0.3, 0.4) is 0 Å². The standard InChI is InChI=1S/C28H49N5O/c1-23(2)32-21-26-11-12-27(22-32)33(26)28-29-19-25(20-30-28)24-13-16-31(17-14-24)15-9-7-5-3-4-6-8-10-18-34/h19-20,23-24,26-27,34H,3-18,21-22H2,1-2H3. The van der Waals surface area contributed by atoms with Gasteiger partial charge in [0.2, 0.25) is 5.95 Å². The number of nitrogens with zero attached hydrogens (tertiary/aromatic N) is 5. The first-order valence-electron chi connectivity index (χ1n) is 14.3. The quantitative estimate of drug-likeness (QED) is 0.416. The van der Waals surface area contributed by atoms with Gasteiger partial charge in [-0.05, 0) is 83.5 Å². The highest BCUT2D eigenvalue weighted by Crippen LogP contribution is 2.34. The number of aliphatic hydroxyl groups excluding tert-OH is 1. The molecule has 192 valence electrons. The average molecular weight is 472 g/mol. The van der Waals surface area contributed by atoms with E-state index in [-0.39, 0.29) is 0 Å². The molecule has 3 aliphatic heterocycles. The maximum atomic E-state index is 8.83. The summed E-state index contributed by atoms with van der Waals surface area (Å²) in [5.41, 5.74) is 1.35. The Labute approximate surface area is 208 Å². The molecule has 3 aliphatic rings. The third-order valence-electron chi connectivity index (χ3n) is 8.57. The second kappa shape index (κ2) is 13.2. The molecule has 3 fully saturated rings. The molecule has 0 amide bonds. The normalized spacial score (nSPS) is 24.4. The van der Waals surface area contributed by atoms with Crippen LogP contribution < -0.4 is 4.90 Å². The number of likely N-dealkylation sites (tertiary alicyclic amines) is 2. The molecule has 4 rings (SSSR count). The van der Waals surface area contributed by atoms with Crippen LogP contribution in [-0.2, 0) is 0 Å². The number of fused-ring (bicyclic) bond motifs is 2. The highest BCUT2D eigenvalue weighted by atomic mass is 16.2. The number of hydrogen-bond donors (Lipinski definition) is 1. The number of unbranched alkanes of at least 4 members (excludes halogenated alkanes) is 7. The summed E-state index contributed by atoms with van der Waals surface area (Å²) in [5.74, 6) is 1.59. The van der Waals surface area contributed by atoms with Gasteiger partial charge in [-0.25, -0.2) is 9.97 Å². The molecule has 6 nitrogen and oxygen atoms in total. The number of anilines is 1. The Bertz CT molecular complexity index is 689. The van der Waals surface area contributed by atoms with E-state index in [2.05, 4.69) is 40.9 Å². The molecule has 2 atom stereocenters. The van der Waals surface area contributed by atoms with Gasteiger partial charge >= 0.3 is 0 Å². The minimum absolute atomic E-state index is 0.353. The Hall–Kier alpha value is -1.24. The van der Waals surface area contributed by atoms with E-state index in [0.717, 1.165) is 25.5 Å². The fraction of sp³-hybridized carbons (Fsp3) is 0.857. The van der Waals surface area contributed by atoms with E-state index in [1.165, 1.54) is 95.8 Å². The maximum Gasteiger partial charge on any atom is 0.225 e. The zero-order chi connectivity index (χ0) is 23.8. The zero-order valence-electron chi connectivity index (χ0n) is 21.9. The molecule has 3 saturated heterocycles. The Kier molecular flexibility index (Phi) is 10.0. The fourth-order valence-corrected chi connectivity index (χ4v) is 6.36. The third kappa shape index (κ3) is 6.92. The van der Waals surface area contributed by atoms with Crippen LogP contribution in [0, 0.1) is 0 Å². The van der Waals surface area contributed by atoms with Gasteiger partial charge in [-0.15, -0.1) is 0 Å². The molecule has 6 heteroatoms. The van der Waals surface area contributed by atoms with Crippen molar-refractivity contribution in [3.05, 3.63) is 18.0 Å². The largest absolute Gasteiger partial charge is 0.396 e. The average Bonchev–Trinajstić information content (AvgIpc) is 3.12. The molecule has 0 aromatic carbocycles. The van der Waals surface area contributed by atoms with Crippen LogP contribution in [0.15, 0.2) is 12.4 Å². The SMILES string of the molecule is CC(C)N1CC2CCC(C1)N2c1ncc(C2CCN(CCCCCCCCCCO)CC2)cn1. The topological polar surface area (TPSA) is 55.7 Å². The van der Waals surface area contributed by atoms with Gasteiger partial charge in [0.05, 0.1) is 0 Å². The first-order valence-corrected chi connectivity index (χ1v) is 14.3. The van der Waals surface area contributed by atoms with Gasteiger partial charge in [-0.2, -0.15) is 0 Å². The fourth-order valence-electron chi connectivity index (χ4n) is 6.36. The predicted molar refractivity (Wildman–Crippen MR) is 140 cm³/mol. The van der Waals surface area contributed by atoms with Crippen LogP contribution in [0.1, 0.15) is 102 Å². The van der Waals surface area contributed by atoms with Crippen LogP contribution in [-0.4, -0.2) is 82.3 Å². The summed E-state index contributed by atoms with van der Waals surface area (Å²) in [4.78, 5) is 17.6. The van der Waals surface area contributed by atoms with Crippen molar-refractivity contribution in [1.29, 1.82) is 0 Å². The molecule has 34 heavy (non-hydrogen) atoms. The Morgan fingerprint density at radius 1 is 0.824 bits per heavy atom. The van der Waals surface area contributed by atoms with Gasteiger partial charge in [0.1, 0.15) is 0 Å². The molecular weight excluding hydrogens is 422 g/mol. The molecule has 2 unspecified atom stereocenters. The van der Waals surface area contributed by atoms with E-state index in [0.29, 0.717) is 30.7 Å². The van der Waals surface area contributed by atoms with Crippen molar-refractivity contribution in [2.45, 2.75) is 115 Å². The molecule has 0 spiro atoms. The molecule has 1 N–H and O–H groups in total. The van der Waals surface area contributed by atoms with Crippen LogP contribution in [0.4, 0.5) is 5.95 Å². The van der Waals surface area contributed by atoms with Crippen molar-refractivity contribution in [2.75, 3.05) is 44.2 Å². The van der Waals surface area contributed by atoms with Crippen molar-refractivity contribution in [3.8, 4) is 0 Å². The number of piperidine rings is 1. The lowest BCUT2D eigenvalue weighted by molar-refractivity contribution is 0.176. The second-order valence-electron chi connectivity index (χ2n) is 11.3. The number of piperazine rings is 1. The van der Waals surface area contributed by atoms with Crippen molar-refractivity contribution in [2.24, 2.45) is 0 Å². The van der Waals surface area contributed by atoms with Crippen molar-refractivity contribution >= 4 is 5.95 Å². The molecule has 2 bridgehead atoms. The van der Waals surface area contributed by atoms with Gasteiger partial charge in [-0.3, -0.25) is 4.90 Å². The summed E-state index contributed by atoms with van der Waals surface area (Å²) in [6, 6.07) is 1.80. The zero-order valence-corrected chi connectivity index (χ0v) is 21.9. The van der Waals surface area contributed by atoms with Crippen molar-refractivity contribution in [3.63, 3.8) is 0 Å². The predicted octanol–water partition coefficient (Wildman–Crippen LogP) is 4.83. The molecular formula is C28H49N5O. The van der Waals surface area contributed by atoms with E-state index in [1.807, 2.05) is 0 Å². The molecule has 0 saturated carbocycles. The lowest BCUT2D eigenvalue weighted by Crippen LogP contribution is -2.56. The van der Waals surface area contributed by atoms with Crippen LogP contribution in [0.5, 0.6) is 0 Å². The third-order valence-corrected chi connectivity index (χ3v) is 8.57. The Morgan fingerprint density at radius 2 is 1.38 bits per heavy atom. The molecule has 0 aliphatic carbocycles. The van der Waals surface area contributed by atoms with Gasteiger partial charge in [0, 0.05) is 50.2 Å². The Balaban J connectivity index is 1.14. The highest BCUT2D eigenvalue weighted by molar-refractivity contribution is 5.38. The lowest BCUT2D eigenvalue weighted by atomic mass is 9.91. The van der Waals surface area contributed by atoms with E-state index in [9.17, 15) is 0 Å². The number of aliphatic hydroxyl groups is 1. The van der Waals surface area contributed by atoms with Gasteiger partial charge in [0.15, 0.2) is 0 Å². The summed E-state index contributed by atoms with van der Waals surface area (Å²) in [6.07, 6.45) is 19.5. The summed E-state index contributed by atoms with van der Waals surface area (Å²) in [5, 5.41) is 8.83. The van der Waals surface area contributed by atoms with E-state index < -0.39 is 0 Å². The monoisotopic (exact) mass is 471 g/mol. The lowest BCUT2D eigenvalue weighted by Gasteiger charge is -2.42. The van der Waals surface area contributed by atoms with Crippen LogP contribution in [0.2, 0.25) is 0 Å². The summed E-state index contributed by atoms with van der Waals surface area (Å²) in [6.45, 7) is 11.0. The highest BCUT2D eigenvalue weighted by Gasteiger charge is 2.41. The summed E-state index contributed by atoms with van der Waals surface area (Å²) < 4.78 is 0.